The van der Waals surface area contributed by atoms with E-state index in [0.29, 0.717) is 5.96 Å². The molecular weight excluding hydrogens is 294 g/mol. The molecule has 1 fully saturated rings. The van der Waals surface area contributed by atoms with Crippen molar-refractivity contribution in [3.8, 4) is 0 Å². The molecule has 3 N–H and O–H groups in total. The van der Waals surface area contributed by atoms with Crippen molar-refractivity contribution in [2.45, 2.75) is 77.6 Å². The summed E-state index contributed by atoms with van der Waals surface area (Å²) in [6, 6.07) is 0.355. The zero-order chi connectivity index (χ0) is 17.4. The molecular formula is C16H31N5O2. The summed E-state index contributed by atoms with van der Waals surface area (Å²) in [6.07, 6.45) is 4.53. The van der Waals surface area contributed by atoms with Crippen molar-refractivity contribution in [1.29, 1.82) is 0 Å². The van der Waals surface area contributed by atoms with E-state index in [4.69, 9.17) is 10.5 Å². The lowest BCUT2D eigenvalue weighted by molar-refractivity contribution is 0.0240. The first kappa shape index (κ1) is 19.3. The SMILES string of the molecule is CC[C@@H]1CC(N=C(N)NC=NC)C[C@H](CC)N1C(=O)OC(C)C. The number of hydrogen-bond donors (Lipinski definition) is 2. The number of carbonyl (C=O) groups is 1. The molecule has 0 saturated carbocycles. The average molecular weight is 325 g/mol. The lowest BCUT2D eigenvalue weighted by atomic mass is 9.89. The van der Waals surface area contributed by atoms with E-state index in [1.165, 1.54) is 6.34 Å². The Labute approximate surface area is 139 Å². The quantitative estimate of drug-likeness (QED) is 0.598. The van der Waals surface area contributed by atoms with Gasteiger partial charge in [0.15, 0.2) is 5.96 Å². The van der Waals surface area contributed by atoms with E-state index in [9.17, 15) is 4.79 Å². The number of nitrogens with one attached hydrogen (secondary N) is 1. The lowest BCUT2D eigenvalue weighted by Gasteiger charge is -2.43. The third-order valence-electron chi connectivity index (χ3n) is 4.03. The highest BCUT2D eigenvalue weighted by Gasteiger charge is 2.38. The molecule has 0 aromatic rings. The Morgan fingerprint density at radius 3 is 2.35 bits per heavy atom. The van der Waals surface area contributed by atoms with Crippen molar-refractivity contribution >= 4 is 18.4 Å². The first-order valence-electron chi connectivity index (χ1n) is 8.42. The van der Waals surface area contributed by atoms with Crippen LogP contribution in [0.15, 0.2) is 9.98 Å². The van der Waals surface area contributed by atoms with Crippen LogP contribution in [0.4, 0.5) is 4.79 Å². The molecule has 1 heterocycles. The molecule has 132 valence electrons. The summed E-state index contributed by atoms with van der Waals surface area (Å²) >= 11 is 0. The van der Waals surface area contributed by atoms with Crippen molar-refractivity contribution in [2.24, 2.45) is 15.7 Å². The van der Waals surface area contributed by atoms with Gasteiger partial charge in [-0.05, 0) is 39.5 Å². The molecule has 23 heavy (non-hydrogen) atoms. The maximum atomic E-state index is 12.4. The van der Waals surface area contributed by atoms with Gasteiger partial charge in [0, 0.05) is 19.1 Å². The molecule has 1 aliphatic rings. The third-order valence-corrected chi connectivity index (χ3v) is 4.03. The summed E-state index contributed by atoms with van der Waals surface area (Å²) in [5, 5.41) is 2.84. The first-order chi connectivity index (χ1) is 10.9. The minimum Gasteiger partial charge on any atom is -0.447 e. The fraction of sp³-hybridized carbons (Fsp3) is 0.812. The minimum atomic E-state index is -0.217. The molecule has 0 aliphatic carbocycles. The van der Waals surface area contributed by atoms with E-state index in [0.717, 1.165) is 25.7 Å². The second kappa shape index (κ2) is 9.37. The topological polar surface area (TPSA) is 92.3 Å². The Morgan fingerprint density at radius 2 is 1.91 bits per heavy atom. The van der Waals surface area contributed by atoms with Crippen LogP contribution >= 0.6 is 0 Å². The van der Waals surface area contributed by atoms with Crippen LogP contribution in [0.3, 0.4) is 0 Å². The number of amides is 1. The van der Waals surface area contributed by atoms with Gasteiger partial charge in [0.1, 0.15) is 0 Å². The minimum absolute atomic E-state index is 0.103. The second-order valence-corrected chi connectivity index (χ2v) is 6.14. The van der Waals surface area contributed by atoms with Crippen LogP contribution < -0.4 is 11.1 Å². The molecule has 1 rings (SSSR count). The van der Waals surface area contributed by atoms with Gasteiger partial charge in [0.25, 0.3) is 0 Å². The maximum absolute atomic E-state index is 12.4. The number of likely N-dealkylation sites (tertiary alicyclic amines) is 1. The van der Waals surface area contributed by atoms with Crippen LogP contribution in [0.1, 0.15) is 53.4 Å². The highest BCUT2D eigenvalue weighted by molar-refractivity contribution is 5.88. The Kier molecular flexibility index (Phi) is 7.85. The molecule has 0 radical (unpaired) electrons. The number of nitrogens with two attached hydrogens (primary N) is 1. The predicted molar refractivity (Wildman–Crippen MR) is 93.8 cm³/mol. The number of piperidine rings is 1. The number of rotatable bonds is 5. The van der Waals surface area contributed by atoms with Crippen LogP contribution in [0.2, 0.25) is 0 Å². The molecule has 0 spiro atoms. The van der Waals surface area contributed by atoms with Gasteiger partial charge in [-0.2, -0.15) is 0 Å². The van der Waals surface area contributed by atoms with Crippen LogP contribution in [0, 0.1) is 0 Å². The van der Waals surface area contributed by atoms with Crippen molar-refractivity contribution in [3.63, 3.8) is 0 Å². The lowest BCUT2D eigenvalue weighted by Crippen LogP contribution is -2.53. The number of guanidine groups is 1. The smallest absolute Gasteiger partial charge is 0.410 e. The molecule has 1 unspecified atom stereocenters. The molecule has 0 bridgehead atoms. The van der Waals surface area contributed by atoms with Gasteiger partial charge in [-0.25, -0.2) is 9.79 Å². The average Bonchev–Trinajstić information content (AvgIpc) is 2.50. The van der Waals surface area contributed by atoms with Crippen LogP contribution in [-0.2, 0) is 4.74 Å². The van der Waals surface area contributed by atoms with Crippen molar-refractivity contribution in [3.05, 3.63) is 0 Å². The third kappa shape index (κ3) is 5.73. The summed E-state index contributed by atoms with van der Waals surface area (Å²) in [7, 11) is 1.67. The largest absolute Gasteiger partial charge is 0.447 e. The maximum Gasteiger partial charge on any atom is 0.410 e. The molecule has 1 amide bonds. The zero-order valence-corrected chi connectivity index (χ0v) is 15.0. The molecule has 0 aromatic heterocycles. The molecule has 0 aromatic carbocycles. The van der Waals surface area contributed by atoms with E-state index in [1.807, 2.05) is 18.7 Å². The number of ether oxygens (including phenoxy) is 1. The summed E-state index contributed by atoms with van der Waals surface area (Å²) in [6.45, 7) is 7.92. The Hall–Kier alpha value is -1.79. The van der Waals surface area contributed by atoms with Gasteiger partial charge in [0.2, 0.25) is 0 Å². The summed E-state index contributed by atoms with van der Waals surface area (Å²) in [5.41, 5.74) is 5.87. The van der Waals surface area contributed by atoms with Crippen molar-refractivity contribution in [2.75, 3.05) is 7.05 Å². The molecule has 1 saturated heterocycles. The fourth-order valence-electron chi connectivity index (χ4n) is 3.01. The summed E-state index contributed by atoms with van der Waals surface area (Å²) < 4.78 is 5.42. The predicted octanol–water partition coefficient (Wildman–Crippen LogP) is 2.12. The van der Waals surface area contributed by atoms with Gasteiger partial charge >= 0.3 is 6.09 Å². The summed E-state index contributed by atoms with van der Waals surface area (Å²) in [4.78, 5) is 22.7. The fourth-order valence-corrected chi connectivity index (χ4v) is 3.01. The van der Waals surface area contributed by atoms with E-state index >= 15 is 0 Å². The van der Waals surface area contributed by atoms with E-state index in [1.54, 1.807) is 7.05 Å². The standard InChI is InChI=1S/C16H31N5O2/c1-6-13-8-12(20-15(17)19-10-18-5)9-14(7-2)21(13)16(22)23-11(3)4/h10-14H,6-9H2,1-5H3,(H3,17,18,19,20)/t12?,13-,14+. The van der Waals surface area contributed by atoms with Gasteiger partial charge in [-0.15, -0.1) is 0 Å². The molecule has 7 heteroatoms. The normalized spacial score (nSPS) is 25.9. The van der Waals surface area contributed by atoms with Gasteiger partial charge in [-0.3, -0.25) is 4.99 Å². The van der Waals surface area contributed by atoms with Gasteiger partial charge < -0.3 is 20.7 Å². The highest BCUT2D eigenvalue weighted by Crippen LogP contribution is 2.29. The van der Waals surface area contributed by atoms with E-state index in [-0.39, 0.29) is 30.3 Å². The number of hydrogen-bond acceptors (Lipinski definition) is 4. The molecule has 1 aliphatic heterocycles. The number of aliphatic imine (C=N–C) groups is 2. The monoisotopic (exact) mass is 325 g/mol. The Bertz CT molecular complexity index is 422. The number of carbonyl (C=O) groups excluding carboxylic acids is 1. The summed E-state index contributed by atoms with van der Waals surface area (Å²) in [5.74, 6) is 0.364. The van der Waals surface area contributed by atoms with Gasteiger partial charge in [-0.1, -0.05) is 13.8 Å². The highest BCUT2D eigenvalue weighted by atomic mass is 16.6. The van der Waals surface area contributed by atoms with E-state index < -0.39 is 0 Å². The van der Waals surface area contributed by atoms with Gasteiger partial charge in [0.05, 0.1) is 18.5 Å². The zero-order valence-electron chi connectivity index (χ0n) is 15.0. The Balaban J connectivity index is 2.86. The van der Waals surface area contributed by atoms with Crippen LogP contribution in [0.25, 0.3) is 0 Å². The van der Waals surface area contributed by atoms with Crippen LogP contribution in [0.5, 0.6) is 0 Å². The van der Waals surface area contributed by atoms with Crippen LogP contribution in [-0.4, -0.2) is 54.6 Å². The second-order valence-electron chi connectivity index (χ2n) is 6.14. The van der Waals surface area contributed by atoms with Crippen molar-refractivity contribution < 1.29 is 9.53 Å². The first-order valence-corrected chi connectivity index (χ1v) is 8.42. The van der Waals surface area contributed by atoms with Crippen molar-refractivity contribution in [1.82, 2.24) is 10.2 Å². The Morgan fingerprint density at radius 1 is 1.35 bits per heavy atom. The molecule has 7 nitrogen and oxygen atoms in total. The number of nitrogens with zero attached hydrogens (tertiary/aromatic N) is 3. The molecule has 3 atom stereocenters. The van der Waals surface area contributed by atoms with E-state index in [2.05, 4.69) is 29.1 Å².